The second kappa shape index (κ2) is 6.96. The fourth-order valence-corrected chi connectivity index (χ4v) is 5.38. The monoisotopic (exact) mass is 387 g/mol. The van der Waals surface area contributed by atoms with Crippen molar-refractivity contribution in [3.63, 3.8) is 0 Å². The summed E-state index contributed by atoms with van der Waals surface area (Å²) in [6.45, 7) is 0. The van der Waals surface area contributed by atoms with Gasteiger partial charge in [-0.3, -0.25) is 0 Å². The summed E-state index contributed by atoms with van der Waals surface area (Å²) in [5.41, 5.74) is 1.89. The van der Waals surface area contributed by atoms with Crippen LogP contribution in [0.25, 0.3) is 22.3 Å². The quantitative estimate of drug-likeness (QED) is 0.729. The van der Waals surface area contributed by atoms with E-state index in [1.54, 1.807) is 11.3 Å². The van der Waals surface area contributed by atoms with Gasteiger partial charge in [0.25, 0.3) is 0 Å². The summed E-state index contributed by atoms with van der Waals surface area (Å²) in [5.74, 6) is 1.49. The van der Waals surface area contributed by atoms with Gasteiger partial charge in [-0.1, -0.05) is 18.6 Å². The number of thiophene rings is 1. The second-order valence-corrected chi connectivity index (χ2v) is 9.99. The number of hydrogen-bond donors (Lipinski definition) is 1. The van der Waals surface area contributed by atoms with Crippen molar-refractivity contribution < 1.29 is 8.42 Å². The largest absolute Gasteiger partial charge is 0.367 e. The molecule has 2 atom stereocenters. The molecule has 5 nitrogen and oxygen atoms in total. The fourth-order valence-electron chi connectivity index (χ4n) is 3.57. The Balaban J connectivity index is 1.69. The third-order valence-corrected chi connectivity index (χ3v) is 7.28. The van der Waals surface area contributed by atoms with Crippen LogP contribution in [-0.2, 0) is 9.84 Å². The van der Waals surface area contributed by atoms with Gasteiger partial charge in [0.15, 0.2) is 5.82 Å². The minimum atomic E-state index is -3.01. The molecule has 1 fully saturated rings. The number of rotatable bonds is 4. The molecule has 1 aromatic carbocycles. The number of nitrogens with one attached hydrogen (secondary N) is 1. The van der Waals surface area contributed by atoms with E-state index in [2.05, 4.69) is 10.3 Å². The van der Waals surface area contributed by atoms with E-state index < -0.39 is 9.84 Å². The molecule has 1 N–H and O–H groups in total. The number of para-hydroxylation sites is 1. The first kappa shape index (κ1) is 17.4. The Morgan fingerprint density at radius 3 is 2.77 bits per heavy atom. The van der Waals surface area contributed by atoms with Crippen LogP contribution in [-0.4, -0.2) is 35.9 Å². The molecule has 3 aromatic rings. The van der Waals surface area contributed by atoms with Crippen LogP contribution in [0.5, 0.6) is 0 Å². The molecule has 1 saturated carbocycles. The lowest BCUT2D eigenvalue weighted by atomic mass is 9.95. The summed E-state index contributed by atoms with van der Waals surface area (Å²) in [4.78, 5) is 9.44. The van der Waals surface area contributed by atoms with Gasteiger partial charge >= 0.3 is 0 Å². The Morgan fingerprint density at radius 2 is 2.00 bits per heavy atom. The predicted molar refractivity (Wildman–Crippen MR) is 107 cm³/mol. The van der Waals surface area contributed by atoms with Crippen LogP contribution < -0.4 is 5.32 Å². The summed E-state index contributed by atoms with van der Waals surface area (Å²) in [6, 6.07) is 10.1. The van der Waals surface area contributed by atoms with Crippen LogP contribution in [0.4, 0.5) is 5.82 Å². The van der Waals surface area contributed by atoms with Gasteiger partial charge in [0.2, 0.25) is 0 Å². The Morgan fingerprint density at radius 1 is 1.15 bits per heavy atom. The second-order valence-electron chi connectivity index (χ2n) is 6.88. The number of nitrogens with zero attached hydrogens (tertiary/aromatic N) is 2. The van der Waals surface area contributed by atoms with E-state index in [0.29, 0.717) is 12.2 Å². The summed E-state index contributed by atoms with van der Waals surface area (Å²) < 4.78 is 23.9. The standard InChI is InChI=1S/C19H21N3O2S2/c1-26(23,24)15-6-4-5-14(11-15)20-19-16-7-2-3-8-17(16)21-18(22-19)13-9-10-25-12-13/h2-3,7-10,12,14-15H,4-6,11H2,1H3,(H,20,21,22). The van der Waals surface area contributed by atoms with Crippen molar-refractivity contribution in [3.05, 3.63) is 41.1 Å². The summed E-state index contributed by atoms with van der Waals surface area (Å²) in [6.07, 6.45) is 4.59. The molecule has 0 aliphatic heterocycles. The van der Waals surface area contributed by atoms with Crippen LogP contribution in [0.1, 0.15) is 25.7 Å². The van der Waals surface area contributed by atoms with Gasteiger partial charge < -0.3 is 5.32 Å². The van der Waals surface area contributed by atoms with Crippen molar-refractivity contribution in [1.82, 2.24) is 9.97 Å². The summed E-state index contributed by atoms with van der Waals surface area (Å²) in [5, 5.41) is 8.26. The smallest absolute Gasteiger partial charge is 0.162 e. The van der Waals surface area contributed by atoms with Gasteiger partial charge in [-0.25, -0.2) is 18.4 Å². The van der Waals surface area contributed by atoms with E-state index >= 15 is 0 Å². The van der Waals surface area contributed by atoms with Crippen molar-refractivity contribution in [1.29, 1.82) is 0 Å². The van der Waals surface area contributed by atoms with Crippen LogP contribution in [0, 0.1) is 0 Å². The highest BCUT2D eigenvalue weighted by atomic mass is 32.2. The van der Waals surface area contributed by atoms with E-state index in [4.69, 9.17) is 4.98 Å². The third-order valence-electron chi connectivity index (χ3n) is 4.96. The number of sulfone groups is 1. The van der Waals surface area contributed by atoms with E-state index in [0.717, 1.165) is 41.5 Å². The molecule has 2 heterocycles. The molecule has 2 unspecified atom stereocenters. The first-order valence-corrected chi connectivity index (χ1v) is 11.7. The summed E-state index contributed by atoms with van der Waals surface area (Å²) in [7, 11) is -3.01. The highest BCUT2D eigenvalue weighted by Gasteiger charge is 2.29. The van der Waals surface area contributed by atoms with Gasteiger partial charge in [0, 0.05) is 28.6 Å². The molecule has 0 amide bonds. The van der Waals surface area contributed by atoms with Crippen molar-refractivity contribution in [2.75, 3.05) is 11.6 Å². The van der Waals surface area contributed by atoms with E-state index in [1.165, 1.54) is 6.26 Å². The van der Waals surface area contributed by atoms with Crippen LogP contribution in [0.3, 0.4) is 0 Å². The first-order chi connectivity index (χ1) is 12.5. The van der Waals surface area contributed by atoms with E-state index in [-0.39, 0.29) is 11.3 Å². The summed E-state index contributed by atoms with van der Waals surface area (Å²) >= 11 is 1.62. The number of benzene rings is 1. The molecule has 0 bridgehead atoms. The molecular formula is C19H21N3O2S2. The lowest BCUT2D eigenvalue weighted by Crippen LogP contribution is -2.34. The molecule has 4 rings (SSSR count). The molecule has 2 aromatic heterocycles. The fraction of sp³-hybridized carbons (Fsp3) is 0.368. The Bertz CT molecular complexity index is 1020. The van der Waals surface area contributed by atoms with Crippen molar-refractivity contribution in [3.8, 4) is 11.4 Å². The first-order valence-electron chi connectivity index (χ1n) is 8.75. The van der Waals surface area contributed by atoms with Gasteiger partial charge in [-0.05, 0) is 42.8 Å². The van der Waals surface area contributed by atoms with Gasteiger partial charge in [0.1, 0.15) is 15.7 Å². The Kier molecular flexibility index (Phi) is 4.67. The maximum atomic E-state index is 12.0. The third kappa shape index (κ3) is 3.59. The maximum absolute atomic E-state index is 12.0. The zero-order valence-corrected chi connectivity index (χ0v) is 16.2. The number of hydrogen-bond acceptors (Lipinski definition) is 6. The number of aromatic nitrogens is 2. The molecular weight excluding hydrogens is 366 g/mol. The molecule has 136 valence electrons. The Hall–Kier alpha value is -1.99. The van der Waals surface area contributed by atoms with Gasteiger partial charge in [-0.15, -0.1) is 0 Å². The van der Waals surface area contributed by atoms with Crippen LogP contribution >= 0.6 is 11.3 Å². The van der Waals surface area contributed by atoms with Gasteiger partial charge in [-0.2, -0.15) is 11.3 Å². The molecule has 0 saturated heterocycles. The average molecular weight is 388 g/mol. The molecule has 1 aliphatic rings. The SMILES string of the molecule is CS(=O)(=O)C1CCCC(Nc2nc(-c3ccsc3)nc3ccccc23)C1. The molecule has 1 aliphatic carbocycles. The van der Waals surface area contributed by atoms with Crippen molar-refractivity contribution in [2.45, 2.75) is 37.0 Å². The van der Waals surface area contributed by atoms with Crippen LogP contribution in [0.2, 0.25) is 0 Å². The number of fused-ring (bicyclic) bond motifs is 1. The minimum Gasteiger partial charge on any atom is -0.367 e. The topological polar surface area (TPSA) is 72.0 Å². The van der Waals surface area contributed by atoms with Gasteiger partial charge in [0.05, 0.1) is 10.8 Å². The molecule has 0 radical (unpaired) electrons. The Labute approximate surface area is 157 Å². The molecule has 0 spiro atoms. The highest BCUT2D eigenvalue weighted by molar-refractivity contribution is 7.91. The molecule has 7 heteroatoms. The minimum absolute atomic E-state index is 0.108. The normalized spacial score (nSPS) is 21.0. The maximum Gasteiger partial charge on any atom is 0.162 e. The zero-order chi connectivity index (χ0) is 18.1. The van der Waals surface area contributed by atoms with E-state index in [1.807, 2.05) is 41.1 Å². The lowest BCUT2D eigenvalue weighted by molar-refractivity contribution is 0.452. The van der Waals surface area contributed by atoms with Crippen molar-refractivity contribution >= 4 is 37.9 Å². The van der Waals surface area contributed by atoms with E-state index in [9.17, 15) is 8.42 Å². The number of anilines is 1. The van der Waals surface area contributed by atoms with Crippen LogP contribution in [0.15, 0.2) is 41.1 Å². The lowest BCUT2D eigenvalue weighted by Gasteiger charge is -2.29. The zero-order valence-electron chi connectivity index (χ0n) is 14.6. The highest BCUT2D eigenvalue weighted by Crippen LogP contribution is 2.30. The average Bonchev–Trinajstić information content (AvgIpc) is 3.16. The molecule has 26 heavy (non-hydrogen) atoms. The predicted octanol–water partition coefficient (Wildman–Crippen LogP) is 4.13. The van der Waals surface area contributed by atoms with Crippen molar-refractivity contribution in [2.24, 2.45) is 0 Å².